The van der Waals surface area contributed by atoms with E-state index >= 15 is 0 Å². The number of carbonyl (C=O) groups excluding carboxylic acids is 2. The van der Waals surface area contributed by atoms with E-state index in [4.69, 9.17) is 0 Å². The highest BCUT2D eigenvalue weighted by Gasteiger charge is 2.30. The maximum absolute atomic E-state index is 13.7. The number of thiazole rings is 1. The summed E-state index contributed by atoms with van der Waals surface area (Å²) in [4.78, 5) is 28.1. The number of hydrogen-bond acceptors (Lipinski definition) is 4. The van der Waals surface area contributed by atoms with Crippen molar-refractivity contribution in [3.8, 4) is 0 Å². The zero-order chi connectivity index (χ0) is 19.9. The molecule has 1 aromatic heterocycles. The van der Waals surface area contributed by atoms with Crippen molar-refractivity contribution in [2.75, 3.05) is 6.54 Å². The topological polar surface area (TPSA) is 71.1 Å². The quantitative estimate of drug-likeness (QED) is 0.742. The van der Waals surface area contributed by atoms with Gasteiger partial charge in [0.2, 0.25) is 11.8 Å². The highest BCUT2D eigenvalue weighted by Crippen LogP contribution is 2.37. The second kappa shape index (κ2) is 9.78. The third-order valence-electron chi connectivity index (χ3n) is 5.34. The SMILES string of the molecule is CC(=O)NC(c1nccs1)C1CCC(CNC(=O)Cc2ccccc2F)CC1. The van der Waals surface area contributed by atoms with Crippen molar-refractivity contribution < 1.29 is 14.0 Å². The number of nitrogens with one attached hydrogen (secondary N) is 2. The van der Waals surface area contributed by atoms with Gasteiger partial charge < -0.3 is 10.6 Å². The Morgan fingerprint density at radius 1 is 1.25 bits per heavy atom. The maximum atomic E-state index is 13.7. The zero-order valence-corrected chi connectivity index (χ0v) is 16.8. The standard InChI is InChI=1S/C21H26FN3O2S/c1-14(26)25-20(21-23-10-11-28-21)16-8-6-15(7-9-16)13-24-19(27)12-17-4-2-3-5-18(17)22/h2-5,10-11,15-16,20H,6-9,12-13H2,1H3,(H,24,27)(H,25,26). The molecule has 3 rings (SSSR count). The molecular formula is C21H26FN3O2S. The molecule has 2 amide bonds. The highest BCUT2D eigenvalue weighted by molar-refractivity contribution is 7.09. The molecule has 0 saturated heterocycles. The highest BCUT2D eigenvalue weighted by atomic mass is 32.1. The molecular weight excluding hydrogens is 377 g/mol. The van der Waals surface area contributed by atoms with Gasteiger partial charge in [-0.25, -0.2) is 9.37 Å². The summed E-state index contributed by atoms with van der Waals surface area (Å²) in [6.07, 6.45) is 5.79. The van der Waals surface area contributed by atoms with Crippen LogP contribution in [0.3, 0.4) is 0 Å². The van der Waals surface area contributed by atoms with Gasteiger partial charge in [0.25, 0.3) is 0 Å². The summed E-state index contributed by atoms with van der Waals surface area (Å²) >= 11 is 1.57. The van der Waals surface area contributed by atoms with E-state index in [9.17, 15) is 14.0 Å². The van der Waals surface area contributed by atoms with Gasteiger partial charge in [0, 0.05) is 25.0 Å². The average Bonchev–Trinajstić information content (AvgIpc) is 3.21. The normalized spacial score (nSPS) is 20.4. The maximum Gasteiger partial charge on any atom is 0.224 e. The molecule has 1 unspecified atom stereocenters. The first-order valence-corrected chi connectivity index (χ1v) is 10.6. The molecule has 1 atom stereocenters. The number of nitrogens with zero attached hydrogens (tertiary/aromatic N) is 1. The Kier molecular flexibility index (Phi) is 7.14. The molecule has 2 N–H and O–H groups in total. The Morgan fingerprint density at radius 3 is 2.64 bits per heavy atom. The van der Waals surface area contributed by atoms with Gasteiger partial charge in [0.05, 0.1) is 12.5 Å². The third kappa shape index (κ3) is 5.61. The molecule has 150 valence electrons. The summed E-state index contributed by atoms with van der Waals surface area (Å²) in [5.41, 5.74) is 0.422. The van der Waals surface area contributed by atoms with Crippen LogP contribution in [0.1, 0.15) is 49.2 Å². The number of halogens is 1. The first-order chi connectivity index (χ1) is 13.5. The first kappa shape index (κ1) is 20.5. The lowest BCUT2D eigenvalue weighted by molar-refractivity contribution is -0.121. The van der Waals surface area contributed by atoms with E-state index < -0.39 is 0 Å². The molecule has 2 aromatic rings. The minimum atomic E-state index is -0.343. The summed E-state index contributed by atoms with van der Waals surface area (Å²) in [5, 5.41) is 8.89. The Labute approximate surface area is 168 Å². The number of rotatable bonds is 7. The van der Waals surface area contributed by atoms with Crippen LogP contribution in [0.15, 0.2) is 35.8 Å². The van der Waals surface area contributed by atoms with Crippen LogP contribution >= 0.6 is 11.3 Å². The smallest absolute Gasteiger partial charge is 0.224 e. The second-order valence-electron chi connectivity index (χ2n) is 7.40. The van der Waals surface area contributed by atoms with E-state index in [-0.39, 0.29) is 30.1 Å². The lowest BCUT2D eigenvalue weighted by Crippen LogP contribution is -2.36. The van der Waals surface area contributed by atoms with Crippen molar-refractivity contribution in [3.05, 3.63) is 52.2 Å². The van der Waals surface area contributed by atoms with Crippen molar-refractivity contribution >= 4 is 23.2 Å². The van der Waals surface area contributed by atoms with Crippen molar-refractivity contribution in [2.24, 2.45) is 11.8 Å². The number of carbonyl (C=O) groups is 2. The molecule has 1 aliphatic carbocycles. The van der Waals surface area contributed by atoms with Crippen molar-refractivity contribution in [1.29, 1.82) is 0 Å². The van der Waals surface area contributed by atoms with Crippen LogP contribution in [0.5, 0.6) is 0 Å². The lowest BCUT2D eigenvalue weighted by Gasteiger charge is -2.33. The van der Waals surface area contributed by atoms with Gasteiger partial charge in [-0.3, -0.25) is 9.59 Å². The van der Waals surface area contributed by atoms with E-state index in [1.54, 1.807) is 35.7 Å². The number of aromatic nitrogens is 1. The Bertz CT molecular complexity index is 789. The fourth-order valence-corrected chi connectivity index (χ4v) is 4.63. The lowest BCUT2D eigenvalue weighted by atomic mass is 9.78. The summed E-state index contributed by atoms with van der Waals surface area (Å²) < 4.78 is 13.7. The summed E-state index contributed by atoms with van der Waals surface area (Å²) in [6, 6.07) is 6.34. The molecule has 5 nitrogen and oxygen atoms in total. The summed E-state index contributed by atoms with van der Waals surface area (Å²) in [5.74, 6) is 0.244. The largest absolute Gasteiger partial charge is 0.356 e. The van der Waals surface area contributed by atoms with E-state index in [0.29, 0.717) is 23.9 Å². The molecule has 0 radical (unpaired) electrons. The van der Waals surface area contributed by atoms with Crippen LogP contribution in [-0.2, 0) is 16.0 Å². The molecule has 0 aliphatic heterocycles. The molecule has 7 heteroatoms. The van der Waals surface area contributed by atoms with Crippen LogP contribution in [0.4, 0.5) is 4.39 Å². The molecule has 1 aliphatic rings. The predicted octanol–water partition coefficient (Wildman–Crippen LogP) is 3.62. The van der Waals surface area contributed by atoms with Crippen LogP contribution in [0.2, 0.25) is 0 Å². The molecule has 1 aromatic carbocycles. The van der Waals surface area contributed by atoms with Gasteiger partial charge >= 0.3 is 0 Å². The van der Waals surface area contributed by atoms with Gasteiger partial charge in [0.1, 0.15) is 10.8 Å². The molecule has 28 heavy (non-hydrogen) atoms. The molecule has 1 heterocycles. The minimum absolute atomic E-state index is 0.0332. The Balaban J connectivity index is 1.46. The summed E-state index contributed by atoms with van der Waals surface area (Å²) in [6.45, 7) is 2.15. The van der Waals surface area contributed by atoms with E-state index in [1.165, 1.54) is 13.0 Å². The van der Waals surface area contributed by atoms with Crippen LogP contribution < -0.4 is 10.6 Å². The Morgan fingerprint density at radius 2 is 2.00 bits per heavy atom. The molecule has 1 fully saturated rings. The average molecular weight is 404 g/mol. The van der Waals surface area contributed by atoms with Gasteiger partial charge in [-0.15, -0.1) is 11.3 Å². The zero-order valence-electron chi connectivity index (χ0n) is 16.0. The second-order valence-corrected chi connectivity index (χ2v) is 8.33. The van der Waals surface area contributed by atoms with Gasteiger partial charge in [-0.05, 0) is 49.1 Å². The summed E-state index contributed by atoms with van der Waals surface area (Å²) in [7, 11) is 0. The number of amides is 2. The van der Waals surface area contributed by atoms with Crippen molar-refractivity contribution in [3.63, 3.8) is 0 Å². The van der Waals surface area contributed by atoms with Crippen LogP contribution in [0.25, 0.3) is 0 Å². The van der Waals surface area contributed by atoms with Crippen LogP contribution in [-0.4, -0.2) is 23.3 Å². The van der Waals surface area contributed by atoms with Crippen molar-refractivity contribution in [2.45, 2.75) is 45.1 Å². The first-order valence-electron chi connectivity index (χ1n) is 9.69. The monoisotopic (exact) mass is 403 g/mol. The third-order valence-corrected chi connectivity index (χ3v) is 6.19. The van der Waals surface area contributed by atoms with Crippen molar-refractivity contribution in [1.82, 2.24) is 15.6 Å². The van der Waals surface area contributed by atoms with Gasteiger partial charge in [-0.2, -0.15) is 0 Å². The van der Waals surface area contributed by atoms with E-state index in [1.807, 2.05) is 5.38 Å². The fourth-order valence-electron chi connectivity index (χ4n) is 3.85. The van der Waals surface area contributed by atoms with E-state index in [0.717, 1.165) is 30.7 Å². The Hall–Kier alpha value is -2.28. The molecule has 0 bridgehead atoms. The predicted molar refractivity (Wildman–Crippen MR) is 107 cm³/mol. The number of hydrogen-bond donors (Lipinski definition) is 2. The van der Waals surface area contributed by atoms with Gasteiger partial charge in [-0.1, -0.05) is 18.2 Å². The molecule has 1 saturated carbocycles. The van der Waals surface area contributed by atoms with Crippen LogP contribution in [0, 0.1) is 17.7 Å². The van der Waals surface area contributed by atoms with Gasteiger partial charge in [0.15, 0.2) is 0 Å². The fraction of sp³-hybridized carbons (Fsp3) is 0.476. The number of benzene rings is 1. The molecule has 0 spiro atoms. The van der Waals surface area contributed by atoms with E-state index in [2.05, 4.69) is 15.6 Å². The minimum Gasteiger partial charge on any atom is -0.356 e.